The number of amides is 1. The SMILES string of the molecule is CCOC(=O)c1cc2cc(C(=O)Nc3cnc(-c4ccccc4)nc3)ccc2[nH]1. The fourth-order valence-electron chi connectivity index (χ4n) is 2.92. The minimum atomic E-state index is -0.426. The maximum absolute atomic E-state index is 12.6. The van der Waals surface area contributed by atoms with Gasteiger partial charge in [-0.25, -0.2) is 14.8 Å². The van der Waals surface area contributed by atoms with E-state index in [1.54, 1.807) is 43.6 Å². The van der Waals surface area contributed by atoms with Crippen LogP contribution in [0.15, 0.2) is 67.0 Å². The van der Waals surface area contributed by atoms with E-state index in [1.165, 1.54) is 0 Å². The Morgan fingerprint density at radius 2 is 1.79 bits per heavy atom. The first kappa shape index (κ1) is 18.4. The molecule has 0 bridgehead atoms. The van der Waals surface area contributed by atoms with Crippen molar-refractivity contribution in [3.8, 4) is 11.4 Å². The summed E-state index contributed by atoms with van der Waals surface area (Å²) in [7, 11) is 0. The van der Waals surface area contributed by atoms with E-state index in [9.17, 15) is 9.59 Å². The zero-order valence-corrected chi connectivity index (χ0v) is 15.7. The molecule has 0 saturated carbocycles. The van der Waals surface area contributed by atoms with Gasteiger partial charge in [0.1, 0.15) is 5.69 Å². The summed E-state index contributed by atoms with van der Waals surface area (Å²) in [6, 6.07) is 16.4. The molecule has 0 aliphatic heterocycles. The third-order valence-electron chi connectivity index (χ3n) is 4.32. The molecule has 7 nitrogen and oxygen atoms in total. The lowest BCUT2D eigenvalue weighted by molar-refractivity contribution is 0.0520. The van der Waals surface area contributed by atoms with Crippen LogP contribution in [-0.4, -0.2) is 33.4 Å². The minimum Gasteiger partial charge on any atom is -0.461 e. The van der Waals surface area contributed by atoms with E-state index in [2.05, 4.69) is 20.3 Å². The van der Waals surface area contributed by atoms with Gasteiger partial charge in [-0.3, -0.25) is 4.79 Å². The lowest BCUT2D eigenvalue weighted by Gasteiger charge is -2.06. The van der Waals surface area contributed by atoms with Crippen molar-refractivity contribution in [3.63, 3.8) is 0 Å². The van der Waals surface area contributed by atoms with Gasteiger partial charge in [-0.2, -0.15) is 0 Å². The molecule has 0 fully saturated rings. The lowest BCUT2D eigenvalue weighted by atomic mass is 10.1. The Morgan fingerprint density at radius 1 is 1.03 bits per heavy atom. The van der Waals surface area contributed by atoms with Crippen LogP contribution in [0.3, 0.4) is 0 Å². The first-order valence-corrected chi connectivity index (χ1v) is 9.13. The van der Waals surface area contributed by atoms with Gasteiger partial charge >= 0.3 is 5.97 Å². The van der Waals surface area contributed by atoms with E-state index in [-0.39, 0.29) is 5.91 Å². The highest BCUT2D eigenvalue weighted by atomic mass is 16.5. The summed E-state index contributed by atoms with van der Waals surface area (Å²) < 4.78 is 4.99. The van der Waals surface area contributed by atoms with E-state index >= 15 is 0 Å². The maximum atomic E-state index is 12.6. The van der Waals surface area contributed by atoms with Gasteiger partial charge in [-0.05, 0) is 31.2 Å². The number of nitrogens with zero attached hydrogens (tertiary/aromatic N) is 2. The number of hydrogen-bond acceptors (Lipinski definition) is 5. The summed E-state index contributed by atoms with van der Waals surface area (Å²) in [5.74, 6) is -0.129. The molecule has 0 spiro atoms. The number of anilines is 1. The van der Waals surface area contributed by atoms with Crippen molar-refractivity contribution in [3.05, 3.63) is 78.2 Å². The number of aromatic amines is 1. The van der Waals surface area contributed by atoms with Crippen molar-refractivity contribution in [2.24, 2.45) is 0 Å². The van der Waals surface area contributed by atoms with Crippen LogP contribution in [0, 0.1) is 0 Å². The highest BCUT2D eigenvalue weighted by Gasteiger charge is 2.13. The van der Waals surface area contributed by atoms with Crippen LogP contribution in [0.5, 0.6) is 0 Å². The van der Waals surface area contributed by atoms with E-state index in [0.29, 0.717) is 29.4 Å². The number of hydrogen-bond donors (Lipinski definition) is 2. The van der Waals surface area contributed by atoms with Crippen LogP contribution in [0.25, 0.3) is 22.3 Å². The molecular weight excluding hydrogens is 368 g/mol. The van der Waals surface area contributed by atoms with Gasteiger partial charge in [0.2, 0.25) is 0 Å². The Bertz CT molecular complexity index is 1170. The van der Waals surface area contributed by atoms with Gasteiger partial charge < -0.3 is 15.0 Å². The highest BCUT2D eigenvalue weighted by Crippen LogP contribution is 2.19. The average Bonchev–Trinajstić information content (AvgIpc) is 3.19. The Balaban J connectivity index is 1.50. The normalized spacial score (nSPS) is 10.7. The van der Waals surface area contributed by atoms with E-state index in [4.69, 9.17) is 4.74 Å². The van der Waals surface area contributed by atoms with Gasteiger partial charge in [0.05, 0.1) is 24.7 Å². The quantitative estimate of drug-likeness (QED) is 0.504. The predicted octanol–water partition coefficient (Wildman–Crippen LogP) is 4.05. The molecule has 4 rings (SSSR count). The lowest BCUT2D eigenvalue weighted by Crippen LogP contribution is -2.12. The molecule has 144 valence electrons. The second-order valence-corrected chi connectivity index (χ2v) is 6.32. The highest BCUT2D eigenvalue weighted by molar-refractivity contribution is 6.06. The molecule has 0 radical (unpaired) electrons. The second kappa shape index (κ2) is 7.93. The number of nitrogens with one attached hydrogen (secondary N) is 2. The minimum absolute atomic E-state index is 0.290. The van der Waals surface area contributed by atoms with Crippen molar-refractivity contribution >= 4 is 28.5 Å². The molecule has 0 aliphatic rings. The summed E-state index contributed by atoms with van der Waals surface area (Å²) in [6.07, 6.45) is 3.14. The number of benzene rings is 2. The van der Waals surface area contributed by atoms with Crippen LogP contribution < -0.4 is 5.32 Å². The number of rotatable bonds is 5. The van der Waals surface area contributed by atoms with Crippen LogP contribution in [0.1, 0.15) is 27.8 Å². The van der Waals surface area contributed by atoms with Crippen LogP contribution >= 0.6 is 0 Å². The Morgan fingerprint density at radius 3 is 2.52 bits per heavy atom. The molecule has 4 aromatic rings. The molecule has 2 aromatic heterocycles. The largest absolute Gasteiger partial charge is 0.461 e. The molecule has 0 aliphatic carbocycles. The number of aromatic nitrogens is 3. The van der Waals surface area contributed by atoms with Crippen molar-refractivity contribution in [1.82, 2.24) is 15.0 Å². The zero-order valence-electron chi connectivity index (χ0n) is 15.7. The van der Waals surface area contributed by atoms with Gasteiger partial charge in [-0.1, -0.05) is 30.3 Å². The monoisotopic (exact) mass is 386 g/mol. The van der Waals surface area contributed by atoms with Crippen molar-refractivity contribution < 1.29 is 14.3 Å². The number of H-pyrrole nitrogens is 1. The van der Waals surface area contributed by atoms with Crippen LogP contribution in [-0.2, 0) is 4.74 Å². The molecule has 2 N–H and O–H groups in total. The Labute approximate surface area is 166 Å². The third-order valence-corrected chi connectivity index (χ3v) is 4.32. The number of ether oxygens (including phenoxy) is 1. The molecular formula is C22H18N4O3. The summed E-state index contributed by atoms with van der Waals surface area (Å²) in [6.45, 7) is 2.05. The summed E-state index contributed by atoms with van der Waals surface area (Å²) in [5, 5.41) is 3.53. The van der Waals surface area contributed by atoms with Gasteiger partial charge in [0, 0.05) is 22.0 Å². The predicted molar refractivity (Wildman–Crippen MR) is 110 cm³/mol. The number of esters is 1. The van der Waals surface area contributed by atoms with Gasteiger partial charge in [-0.15, -0.1) is 0 Å². The summed E-state index contributed by atoms with van der Waals surface area (Å²) in [5.41, 5.74) is 2.96. The molecule has 29 heavy (non-hydrogen) atoms. The zero-order chi connectivity index (χ0) is 20.2. The molecule has 2 aromatic carbocycles. The molecule has 0 atom stereocenters. The maximum Gasteiger partial charge on any atom is 0.354 e. The second-order valence-electron chi connectivity index (χ2n) is 6.32. The summed E-state index contributed by atoms with van der Waals surface area (Å²) >= 11 is 0. The topological polar surface area (TPSA) is 97.0 Å². The molecule has 2 heterocycles. The average molecular weight is 386 g/mol. The fourth-order valence-corrected chi connectivity index (χ4v) is 2.92. The first-order chi connectivity index (χ1) is 14.1. The molecule has 7 heteroatoms. The fraction of sp³-hybridized carbons (Fsp3) is 0.0909. The molecule has 1 amide bonds. The number of carbonyl (C=O) groups is 2. The Hall–Kier alpha value is -4.00. The third kappa shape index (κ3) is 3.98. The Kier molecular flexibility index (Phi) is 5.03. The number of fused-ring (bicyclic) bond motifs is 1. The van der Waals surface area contributed by atoms with Crippen LogP contribution in [0.2, 0.25) is 0 Å². The van der Waals surface area contributed by atoms with E-state index < -0.39 is 5.97 Å². The smallest absolute Gasteiger partial charge is 0.354 e. The molecule has 0 unspecified atom stereocenters. The first-order valence-electron chi connectivity index (χ1n) is 9.13. The van der Waals surface area contributed by atoms with E-state index in [0.717, 1.165) is 16.5 Å². The van der Waals surface area contributed by atoms with Crippen molar-refractivity contribution in [2.45, 2.75) is 6.92 Å². The molecule has 0 saturated heterocycles. The van der Waals surface area contributed by atoms with Crippen LogP contribution in [0.4, 0.5) is 5.69 Å². The standard InChI is InChI=1S/C22H18N4O3/c1-2-29-22(28)19-11-16-10-15(8-9-18(16)26-19)21(27)25-17-12-23-20(24-13-17)14-6-4-3-5-7-14/h3-13,26H,2H2,1H3,(H,25,27). The number of carbonyl (C=O) groups excluding carboxylic acids is 2. The van der Waals surface area contributed by atoms with Gasteiger partial charge in [0.15, 0.2) is 5.82 Å². The van der Waals surface area contributed by atoms with Crippen molar-refractivity contribution in [1.29, 1.82) is 0 Å². The van der Waals surface area contributed by atoms with Crippen molar-refractivity contribution in [2.75, 3.05) is 11.9 Å². The van der Waals surface area contributed by atoms with Gasteiger partial charge in [0.25, 0.3) is 5.91 Å². The van der Waals surface area contributed by atoms with E-state index in [1.807, 2.05) is 30.3 Å². The summed E-state index contributed by atoms with van der Waals surface area (Å²) in [4.78, 5) is 36.0.